The first-order valence-corrected chi connectivity index (χ1v) is 8.22. The zero-order valence-corrected chi connectivity index (χ0v) is 14.3. The average molecular weight is 308 g/mol. The van der Waals surface area contributed by atoms with E-state index in [-0.39, 0.29) is 6.10 Å². The molecule has 3 heteroatoms. The van der Waals surface area contributed by atoms with Crippen LogP contribution in [0.15, 0.2) is 42.5 Å². The van der Waals surface area contributed by atoms with Crippen LogP contribution in [0.4, 0.5) is 0 Å². The molecule has 0 radical (unpaired) electrons. The quantitative estimate of drug-likeness (QED) is 0.697. The first-order valence-electron chi connectivity index (χ1n) is 8.22. The van der Waals surface area contributed by atoms with E-state index in [9.17, 15) is 0 Å². The van der Waals surface area contributed by atoms with Gasteiger partial charge in [-0.15, -0.1) is 0 Å². The van der Waals surface area contributed by atoms with E-state index >= 15 is 0 Å². The number of imidazole rings is 1. The molecule has 0 aliphatic heterocycles. The Morgan fingerprint density at radius 2 is 1.87 bits per heavy atom. The maximum Gasteiger partial charge on any atom is 0.138 e. The number of aryl methyl sites for hydroxylation is 1. The number of fused-ring (bicyclic) bond motifs is 1. The van der Waals surface area contributed by atoms with Gasteiger partial charge in [-0.1, -0.05) is 43.7 Å². The van der Waals surface area contributed by atoms with Crippen molar-refractivity contribution in [3.8, 4) is 11.4 Å². The third-order valence-electron chi connectivity index (χ3n) is 3.97. The van der Waals surface area contributed by atoms with Crippen LogP contribution in [0.2, 0.25) is 0 Å². The van der Waals surface area contributed by atoms with Crippen molar-refractivity contribution in [2.75, 3.05) is 6.61 Å². The summed E-state index contributed by atoms with van der Waals surface area (Å²) < 4.78 is 6.02. The van der Waals surface area contributed by atoms with Gasteiger partial charge in [0.1, 0.15) is 5.82 Å². The second kappa shape index (κ2) is 6.55. The van der Waals surface area contributed by atoms with E-state index in [4.69, 9.17) is 9.72 Å². The molecular weight excluding hydrogens is 284 g/mol. The molecule has 0 unspecified atom stereocenters. The van der Waals surface area contributed by atoms with Crippen LogP contribution in [0.5, 0.6) is 0 Å². The lowest BCUT2D eigenvalue weighted by Gasteiger charge is -2.18. The van der Waals surface area contributed by atoms with Gasteiger partial charge in [0, 0.05) is 12.2 Å². The predicted octanol–water partition coefficient (Wildman–Crippen LogP) is 5.27. The number of H-pyrrole nitrogens is 1. The van der Waals surface area contributed by atoms with Crippen LogP contribution in [0.3, 0.4) is 0 Å². The molecule has 3 nitrogen and oxygen atoms in total. The molecule has 0 aliphatic rings. The molecular formula is C20H24N2O. The molecule has 120 valence electrons. The summed E-state index contributed by atoms with van der Waals surface area (Å²) in [5, 5.41) is 0. The van der Waals surface area contributed by atoms with Crippen LogP contribution >= 0.6 is 0 Å². The zero-order chi connectivity index (χ0) is 16.4. The molecule has 0 aliphatic carbocycles. The minimum atomic E-state index is 0.0428. The topological polar surface area (TPSA) is 37.9 Å². The number of rotatable bonds is 5. The second-order valence-electron chi connectivity index (χ2n) is 6.56. The van der Waals surface area contributed by atoms with Crippen molar-refractivity contribution in [2.24, 2.45) is 5.92 Å². The molecule has 3 aromatic rings. The number of benzene rings is 2. The fourth-order valence-electron chi connectivity index (χ4n) is 2.74. The van der Waals surface area contributed by atoms with E-state index in [2.05, 4.69) is 56.9 Å². The van der Waals surface area contributed by atoms with E-state index in [0.717, 1.165) is 29.0 Å². The molecule has 3 rings (SSSR count). The van der Waals surface area contributed by atoms with Gasteiger partial charge in [0.05, 0.1) is 17.1 Å². The van der Waals surface area contributed by atoms with Crippen LogP contribution in [0.1, 0.15) is 38.0 Å². The van der Waals surface area contributed by atoms with Gasteiger partial charge in [0.2, 0.25) is 0 Å². The van der Waals surface area contributed by atoms with Crippen LogP contribution in [-0.2, 0) is 4.74 Å². The molecule has 23 heavy (non-hydrogen) atoms. The molecule has 1 atom stereocenters. The summed E-state index contributed by atoms with van der Waals surface area (Å²) in [6.45, 7) is 9.31. The largest absolute Gasteiger partial charge is 0.374 e. The Balaban J connectivity index is 2.01. The highest BCUT2D eigenvalue weighted by Gasteiger charge is 2.16. The smallest absolute Gasteiger partial charge is 0.138 e. The van der Waals surface area contributed by atoms with Gasteiger partial charge in [0.25, 0.3) is 0 Å². The van der Waals surface area contributed by atoms with E-state index in [0.29, 0.717) is 5.92 Å². The van der Waals surface area contributed by atoms with E-state index < -0.39 is 0 Å². The van der Waals surface area contributed by atoms with Gasteiger partial charge in [-0.2, -0.15) is 0 Å². The third kappa shape index (κ3) is 3.45. The molecule has 0 saturated heterocycles. The fourth-order valence-corrected chi connectivity index (χ4v) is 2.74. The molecule has 0 bridgehead atoms. The van der Waals surface area contributed by atoms with Crippen LogP contribution < -0.4 is 0 Å². The average Bonchev–Trinajstić information content (AvgIpc) is 2.96. The molecule has 0 saturated carbocycles. The number of nitrogens with zero attached hydrogens (tertiary/aromatic N) is 1. The Morgan fingerprint density at radius 1 is 1.09 bits per heavy atom. The summed E-state index contributed by atoms with van der Waals surface area (Å²) in [6, 6.07) is 14.6. The van der Waals surface area contributed by atoms with E-state index in [1.54, 1.807) is 0 Å². The van der Waals surface area contributed by atoms with E-state index in [1.165, 1.54) is 11.1 Å². The normalized spacial score (nSPS) is 12.9. The lowest BCUT2D eigenvalue weighted by atomic mass is 10.00. The number of aromatic amines is 1. The summed E-state index contributed by atoms with van der Waals surface area (Å²) in [5.41, 5.74) is 5.57. The van der Waals surface area contributed by atoms with Gasteiger partial charge in [-0.25, -0.2) is 4.98 Å². The Morgan fingerprint density at radius 3 is 2.61 bits per heavy atom. The maximum absolute atomic E-state index is 6.02. The number of para-hydroxylation sites is 2. The number of nitrogens with one attached hydrogen (secondary N) is 1. The predicted molar refractivity (Wildman–Crippen MR) is 95.5 cm³/mol. The Bertz CT molecular complexity index is 771. The standard InChI is InChI=1S/C20H24N2O/c1-13(2)12-23-15(4)16-10-9-14(3)11-17(16)20-21-18-7-5-6-8-19(18)22-20/h5-11,13,15H,12H2,1-4H3,(H,21,22)/t15-/m0/s1. The summed E-state index contributed by atoms with van der Waals surface area (Å²) in [7, 11) is 0. The van der Waals surface area contributed by atoms with Crippen LogP contribution in [0, 0.1) is 12.8 Å². The van der Waals surface area contributed by atoms with Crippen molar-refractivity contribution in [1.29, 1.82) is 0 Å². The maximum atomic E-state index is 6.02. The lowest BCUT2D eigenvalue weighted by Crippen LogP contribution is -2.08. The molecule has 0 spiro atoms. The molecule has 0 fully saturated rings. The van der Waals surface area contributed by atoms with Crippen molar-refractivity contribution in [3.63, 3.8) is 0 Å². The third-order valence-corrected chi connectivity index (χ3v) is 3.97. The van der Waals surface area contributed by atoms with Crippen molar-refractivity contribution in [2.45, 2.75) is 33.8 Å². The van der Waals surface area contributed by atoms with E-state index in [1.807, 2.05) is 18.2 Å². The fraction of sp³-hybridized carbons (Fsp3) is 0.350. The number of aromatic nitrogens is 2. The highest BCUT2D eigenvalue weighted by molar-refractivity contribution is 5.80. The van der Waals surface area contributed by atoms with Crippen molar-refractivity contribution in [3.05, 3.63) is 53.6 Å². The minimum Gasteiger partial charge on any atom is -0.374 e. The van der Waals surface area contributed by atoms with Crippen molar-refractivity contribution < 1.29 is 4.74 Å². The van der Waals surface area contributed by atoms with Gasteiger partial charge in [-0.05, 0) is 43.5 Å². The molecule has 2 aromatic carbocycles. The molecule has 1 aromatic heterocycles. The van der Waals surface area contributed by atoms with Gasteiger partial charge in [-0.3, -0.25) is 0 Å². The molecule has 1 N–H and O–H groups in total. The summed E-state index contributed by atoms with van der Waals surface area (Å²) in [6.07, 6.45) is 0.0428. The van der Waals surface area contributed by atoms with Gasteiger partial charge >= 0.3 is 0 Å². The SMILES string of the molecule is Cc1ccc([C@H](C)OCC(C)C)c(-c2nc3ccccc3[nH]2)c1. The Kier molecular flexibility index (Phi) is 4.49. The molecule has 0 amide bonds. The number of hydrogen-bond donors (Lipinski definition) is 1. The van der Waals surface area contributed by atoms with Crippen molar-refractivity contribution >= 4 is 11.0 Å². The second-order valence-corrected chi connectivity index (χ2v) is 6.56. The first-order chi connectivity index (χ1) is 11.0. The lowest BCUT2D eigenvalue weighted by molar-refractivity contribution is 0.0473. The van der Waals surface area contributed by atoms with Gasteiger partial charge in [0.15, 0.2) is 0 Å². The Labute approximate surface area is 137 Å². The summed E-state index contributed by atoms with van der Waals surface area (Å²) >= 11 is 0. The monoisotopic (exact) mass is 308 g/mol. The summed E-state index contributed by atoms with van der Waals surface area (Å²) in [4.78, 5) is 8.18. The van der Waals surface area contributed by atoms with Crippen LogP contribution in [0.25, 0.3) is 22.4 Å². The van der Waals surface area contributed by atoms with Gasteiger partial charge < -0.3 is 9.72 Å². The Hall–Kier alpha value is -2.13. The highest BCUT2D eigenvalue weighted by Crippen LogP contribution is 2.31. The minimum absolute atomic E-state index is 0.0428. The summed E-state index contributed by atoms with van der Waals surface area (Å²) in [5.74, 6) is 1.43. The highest BCUT2D eigenvalue weighted by atomic mass is 16.5. The molecule has 1 heterocycles. The number of hydrogen-bond acceptors (Lipinski definition) is 2. The first kappa shape index (κ1) is 15.8. The zero-order valence-electron chi connectivity index (χ0n) is 14.3. The van der Waals surface area contributed by atoms with Crippen LogP contribution in [-0.4, -0.2) is 16.6 Å². The number of ether oxygens (including phenoxy) is 1. The van der Waals surface area contributed by atoms with Crippen molar-refractivity contribution in [1.82, 2.24) is 9.97 Å².